The van der Waals surface area contributed by atoms with E-state index >= 15 is 0 Å². The minimum absolute atomic E-state index is 0.00694. The molecule has 2 N–H and O–H groups in total. The van der Waals surface area contributed by atoms with Crippen LogP contribution in [0.4, 0.5) is 0 Å². The van der Waals surface area contributed by atoms with E-state index in [4.69, 9.17) is 4.74 Å². The number of ketones is 2. The van der Waals surface area contributed by atoms with E-state index in [0.29, 0.717) is 5.75 Å². The summed E-state index contributed by atoms with van der Waals surface area (Å²) in [5.74, 6) is -1.17. The van der Waals surface area contributed by atoms with Crippen LogP contribution in [0.15, 0.2) is 30.3 Å². The maximum atomic E-state index is 12.7. The van der Waals surface area contributed by atoms with Gasteiger partial charge in [-0.15, -0.1) is 0 Å². The zero-order valence-electron chi connectivity index (χ0n) is 13.9. The number of carbonyl (C=O) groups is 3. The maximum Gasteiger partial charge on any atom is 0.338 e. The van der Waals surface area contributed by atoms with Crippen molar-refractivity contribution >= 4 is 29.3 Å². The normalized spacial score (nSPS) is 12.5. The van der Waals surface area contributed by atoms with Crippen LogP contribution < -0.4 is 0 Å². The third-order valence-electron chi connectivity index (χ3n) is 4.00. The molecule has 0 saturated carbocycles. The van der Waals surface area contributed by atoms with Gasteiger partial charge in [-0.05, 0) is 24.0 Å². The lowest BCUT2D eigenvalue weighted by atomic mass is 9.82. The van der Waals surface area contributed by atoms with E-state index in [1.165, 1.54) is 24.3 Å². The van der Waals surface area contributed by atoms with Crippen molar-refractivity contribution in [2.45, 2.75) is 6.92 Å². The second-order valence-corrected chi connectivity index (χ2v) is 7.00. The van der Waals surface area contributed by atoms with Crippen LogP contribution in [0.3, 0.4) is 0 Å². The molecule has 0 radical (unpaired) electrons. The molecule has 0 fully saturated rings. The van der Waals surface area contributed by atoms with Crippen molar-refractivity contribution in [2.24, 2.45) is 0 Å². The van der Waals surface area contributed by atoms with Gasteiger partial charge in [0.1, 0.15) is 18.1 Å². The summed E-state index contributed by atoms with van der Waals surface area (Å²) >= 11 is 1.62. The van der Waals surface area contributed by atoms with Gasteiger partial charge in [-0.25, -0.2) is 4.79 Å². The van der Waals surface area contributed by atoms with Gasteiger partial charge in [-0.1, -0.05) is 19.1 Å². The fourth-order valence-electron chi connectivity index (χ4n) is 2.82. The van der Waals surface area contributed by atoms with Crippen molar-refractivity contribution in [2.75, 3.05) is 18.1 Å². The molecule has 134 valence electrons. The topological polar surface area (TPSA) is 101 Å². The Bertz CT molecular complexity index is 918. The number of fused-ring (bicyclic) bond motifs is 2. The summed E-state index contributed by atoms with van der Waals surface area (Å²) in [5.41, 5.74) is -0.420. The summed E-state index contributed by atoms with van der Waals surface area (Å²) in [7, 11) is 0. The van der Waals surface area contributed by atoms with Crippen LogP contribution in [0, 0.1) is 0 Å². The molecule has 0 amide bonds. The van der Waals surface area contributed by atoms with Crippen LogP contribution in [0.25, 0.3) is 0 Å². The molecule has 3 rings (SSSR count). The molecule has 26 heavy (non-hydrogen) atoms. The molecule has 1 aliphatic carbocycles. The largest absolute Gasteiger partial charge is 0.507 e. The number of rotatable bonds is 5. The molecule has 0 aliphatic heterocycles. The Morgan fingerprint density at radius 2 is 1.77 bits per heavy atom. The van der Waals surface area contributed by atoms with Gasteiger partial charge < -0.3 is 14.9 Å². The quantitative estimate of drug-likeness (QED) is 0.524. The number of hydrogen-bond donors (Lipinski definition) is 2. The molecule has 0 aromatic heterocycles. The molecule has 0 bridgehead atoms. The molecule has 7 heteroatoms. The molecule has 0 heterocycles. The molecule has 2 aromatic rings. The maximum absolute atomic E-state index is 12.7. The smallest absolute Gasteiger partial charge is 0.338 e. The lowest BCUT2D eigenvalue weighted by molar-refractivity contribution is 0.0529. The molecule has 0 atom stereocenters. The average molecular weight is 372 g/mol. The summed E-state index contributed by atoms with van der Waals surface area (Å²) < 4.78 is 5.12. The first-order chi connectivity index (χ1) is 12.5. The Morgan fingerprint density at radius 3 is 2.50 bits per heavy atom. The predicted molar refractivity (Wildman–Crippen MR) is 96.4 cm³/mol. The van der Waals surface area contributed by atoms with Gasteiger partial charge in [0, 0.05) is 16.9 Å². The van der Waals surface area contributed by atoms with Gasteiger partial charge in [0.15, 0.2) is 5.78 Å². The number of benzene rings is 2. The van der Waals surface area contributed by atoms with Gasteiger partial charge in [0.05, 0.1) is 16.7 Å². The number of esters is 1. The zero-order chi connectivity index (χ0) is 18.8. The summed E-state index contributed by atoms with van der Waals surface area (Å²) in [5, 5.41) is 20.1. The van der Waals surface area contributed by atoms with E-state index in [-0.39, 0.29) is 40.2 Å². The number of aromatic hydroxyl groups is 2. The van der Waals surface area contributed by atoms with Crippen molar-refractivity contribution in [1.29, 1.82) is 0 Å². The van der Waals surface area contributed by atoms with Crippen LogP contribution >= 0.6 is 11.8 Å². The van der Waals surface area contributed by atoms with Crippen LogP contribution in [0.1, 0.15) is 49.1 Å². The highest BCUT2D eigenvalue weighted by Crippen LogP contribution is 2.37. The van der Waals surface area contributed by atoms with E-state index in [1.54, 1.807) is 11.8 Å². The van der Waals surface area contributed by atoms with Gasteiger partial charge in [0.25, 0.3) is 0 Å². The molecular weight excluding hydrogens is 356 g/mol. The van der Waals surface area contributed by atoms with E-state index in [2.05, 4.69) is 0 Å². The minimum atomic E-state index is -0.679. The highest BCUT2D eigenvalue weighted by Gasteiger charge is 2.35. The first-order valence-corrected chi connectivity index (χ1v) is 9.14. The summed E-state index contributed by atoms with van der Waals surface area (Å²) in [6.07, 6.45) is 0. The number of phenolic OH excluding ortho intramolecular Hbond substituents is 2. The number of phenols is 2. The van der Waals surface area contributed by atoms with Crippen molar-refractivity contribution in [3.8, 4) is 11.5 Å². The van der Waals surface area contributed by atoms with Crippen molar-refractivity contribution in [1.82, 2.24) is 0 Å². The average Bonchev–Trinajstić information content (AvgIpc) is 2.62. The first kappa shape index (κ1) is 18.0. The first-order valence-electron chi connectivity index (χ1n) is 7.99. The molecule has 0 saturated heterocycles. The van der Waals surface area contributed by atoms with Crippen molar-refractivity contribution in [3.05, 3.63) is 58.1 Å². The summed E-state index contributed by atoms with van der Waals surface area (Å²) in [6, 6.07) is 6.52. The Balaban J connectivity index is 1.98. The molecule has 0 spiro atoms. The Labute approximate surface area is 153 Å². The fourth-order valence-corrected chi connectivity index (χ4v) is 3.31. The number of carbonyl (C=O) groups excluding carboxylic acids is 3. The SMILES string of the molecule is CCSCCOC(=O)c1cc(O)c2c(c1)C(=O)c1cccc(O)c1C2=O. The van der Waals surface area contributed by atoms with Crippen LogP contribution in [-0.4, -0.2) is 45.9 Å². The monoisotopic (exact) mass is 372 g/mol. The van der Waals surface area contributed by atoms with E-state index in [0.717, 1.165) is 11.8 Å². The van der Waals surface area contributed by atoms with Gasteiger partial charge in [-0.2, -0.15) is 11.8 Å². The second kappa shape index (κ2) is 7.21. The van der Waals surface area contributed by atoms with E-state index in [1.807, 2.05) is 6.92 Å². The summed E-state index contributed by atoms with van der Waals surface area (Å²) in [4.78, 5) is 37.5. The standard InChI is InChI=1S/C19H16O6S/c1-2-26-7-6-25-19(24)10-8-12-16(14(21)9-10)18(23)15-11(17(12)22)4-3-5-13(15)20/h3-5,8-9,20-21H,2,6-7H2,1H3. The molecular formula is C19H16O6S. The third-order valence-corrected chi connectivity index (χ3v) is 4.87. The second-order valence-electron chi connectivity index (χ2n) is 5.61. The fraction of sp³-hybridized carbons (Fsp3) is 0.211. The minimum Gasteiger partial charge on any atom is -0.507 e. The van der Waals surface area contributed by atoms with Crippen LogP contribution in [0.2, 0.25) is 0 Å². The Hall–Kier alpha value is -2.80. The highest BCUT2D eigenvalue weighted by molar-refractivity contribution is 7.99. The van der Waals surface area contributed by atoms with Gasteiger partial charge in [-0.3, -0.25) is 9.59 Å². The van der Waals surface area contributed by atoms with E-state index in [9.17, 15) is 24.6 Å². The van der Waals surface area contributed by atoms with Gasteiger partial charge in [0.2, 0.25) is 5.78 Å². The van der Waals surface area contributed by atoms with Crippen molar-refractivity contribution < 1.29 is 29.3 Å². The summed E-state index contributed by atoms with van der Waals surface area (Å²) in [6.45, 7) is 2.20. The third kappa shape index (κ3) is 3.06. The molecule has 0 unspecified atom stereocenters. The Kier molecular flexibility index (Phi) is 4.99. The van der Waals surface area contributed by atoms with E-state index < -0.39 is 23.3 Å². The predicted octanol–water partition coefficient (Wildman–Crippen LogP) is 2.78. The number of ether oxygens (including phenoxy) is 1. The van der Waals surface area contributed by atoms with Crippen molar-refractivity contribution in [3.63, 3.8) is 0 Å². The van der Waals surface area contributed by atoms with Crippen LogP contribution in [-0.2, 0) is 4.74 Å². The number of thioether (sulfide) groups is 1. The highest BCUT2D eigenvalue weighted by atomic mass is 32.2. The zero-order valence-corrected chi connectivity index (χ0v) is 14.8. The lowest BCUT2D eigenvalue weighted by Crippen LogP contribution is -2.22. The lowest BCUT2D eigenvalue weighted by Gasteiger charge is -2.19. The molecule has 1 aliphatic rings. The Morgan fingerprint density at radius 1 is 1.04 bits per heavy atom. The van der Waals surface area contributed by atoms with Crippen LogP contribution in [0.5, 0.6) is 11.5 Å². The van der Waals surface area contributed by atoms with Gasteiger partial charge >= 0.3 is 5.97 Å². The number of hydrogen-bond acceptors (Lipinski definition) is 7. The molecule has 6 nitrogen and oxygen atoms in total. The molecule has 2 aromatic carbocycles.